The maximum Gasteiger partial charge on any atom is 0.351 e. The van der Waals surface area contributed by atoms with E-state index in [2.05, 4.69) is 51.2 Å². The highest BCUT2D eigenvalue weighted by Gasteiger charge is 2.39. The van der Waals surface area contributed by atoms with E-state index in [0.717, 1.165) is 28.8 Å². The van der Waals surface area contributed by atoms with Crippen LogP contribution in [0.3, 0.4) is 0 Å². The molecule has 3 rings (SSSR count). The Bertz CT molecular complexity index is 1210. The molecule has 1 aliphatic rings. The third-order valence-corrected chi connectivity index (χ3v) is 8.82. The summed E-state index contributed by atoms with van der Waals surface area (Å²) in [5, 5.41) is 2.70. The Labute approximate surface area is 243 Å². The Hall–Kier alpha value is -2.87. The molecule has 0 aliphatic heterocycles. The van der Waals surface area contributed by atoms with E-state index in [1.165, 1.54) is 37.5 Å². The second kappa shape index (κ2) is 12.8. The average molecular weight is 572 g/mol. The van der Waals surface area contributed by atoms with Crippen LogP contribution in [0, 0.1) is 23.7 Å². The van der Waals surface area contributed by atoms with Crippen LogP contribution < -0.4 is 10.1 Å². The van der Waals surface area contributed by atoms with Gasteiger partial charge in [-0.25, -0.2) is 9.59 Å². The maximum atomic E-state index is 12.7. The van der Waals surface area contributed by atoms with Gasteiger partial charge in [0.05, 0.1) is 14.2 Å². The molecule has 2 aromatic rings. The molecule has 1 fully saturated rings. The van der Waals surface area contributed by atoms with Crippen molar-refractivity contribution in [2.24, 2.45) is 16.7 Å². The first-order chi connectivity index (χ1) is 18.7. The largest absolute Gasteiger partial charge is 0.482 e. The molecule has 220 valence electrons. The molecule has 1 saturated carbocycles. The molecular weight excluding hydrogens is 526 g/mol. The minimum atomic E-state index is -0.766. The molecule has 1 aromatic heterocycles. The van der Waals surface area contributed by atoms with E-state index in [-0.39, 0.29) is 23.4 Å². The molecule has 0 spiro atoms. The van der Waals surface area contributed by atoms with E-state index in [4.69, 9.17) is 14.2 Å². The van der Waals surface area contributed by atoms with Gasteiger partial charge in [-0.2, -0.15) is 0 Å². The summed E-state index contributed by atoms with van der Waals surface area (Å²) in [5.74, 6) is -0.536. The molecule has 0 radical (unpaired) electrons. The number of carbonyl (C=O) groups excluding carboxylic acids is 3. The first kappa shape index (κ1) is 31.7. The molecule has 1 amide bonds. The zero-order valence-corrected chi connectivity index (χ0v) is 26.3. The second-order valence-corrected chi connectivity index (χ2v) is 14.0. The van der Waals surface area contributed by atoms with Crippen molar-refractivity contribution in [3.05, 3.63) is 40.3 Å². The van der Waals surface area contributed by atoms with Gasteiger partial charge in [-0.05, 0) is 66.4 Å². The molecule has 1 aliphatic carbocycles. The molecule has 1 N–H and O–H groups in total. The number of nitrogens with one attached hydrogen (secondary N) is 1. The predicted octanol–water partition coefficient (Wildman–Crippen LogP) is 6.91. The van der Waals surface area contributed by atoms with E-state index in [0.29, 0.717) is 23.0 Å². The summed E-state index contributed by atoms with van der Waals surface area (Å²) in [7, 11) is 2.62. The SMILES string of the molecule is COC(=O)c1sc(-c2cccc(C3CC(C)(C)CC(C)(C)C3)c2)c(C)c1OCC(=O)NC(CC(C)C)C(=O)OC. The van der Waals surface area contributed by atoms with Gasteiger partial charge < -0.3 is 19.5 Å². The number of carbonyl (C=O) groups is 3. The molecule has 1 aromatic carbocycles. The summed E-state index contributed by atoms with van der Waals surface area (Å²) in [6, 6.07) is 7.79. The van der Waals surface area contributed by atoms with Crippen LogP contribution in [0.5, 0.6) is 5.75 Å². The number of hydrogen-bond acceptors (Lipinski definition) is 7. The Morgan fingerprint density at radius 1 is 1.05 bits per heavy atom. The fraction of sp³-hybridized carbons (Fsp3) is 0.594. The third-order valence-electron chi connectivity index (χ3n) is 7.51. The highest BCUT2D eigenvalue weighted by molar-refractivity contribution is 7.18. The lowest BCUT2D eigenvalue weighted by Crippen LogP contribution is -2.44. The van der Waals surface area contributed by atoms with Crippen molar-refractivity contribution < 1.29 is 28.6 Å². The van der Waals surface area contributed by atoms with Gasteiger partial charge >= 0.3 is 11.9 Å². The van der Waals surface area contributed by atoms with E-state index in [1.54, 1.807) is 0 Å². The minimum absolute atomic E-state index is 0.180. The van der Waals surface area contributed by atoms with Crippen LogP contribution in [-0.2, 0) is 19.1 Å². The Kier molecular flexibility index (Phi) is 10.1. The van der Waals surface area contributed by atoms with Gasteiger partial charge in [-0.3, -0.25) is 4.79 Å². The lowest BCUT2D eigenvalue weighted by atomic mass is 9.60. The van der Waals surface area contributed by atoms with E-state index in [9.17, 15) is 14.4 Å². The van der Waals surface area contributed by atoms with Gasteiger partial charge in [0.15, 0.2) is 11.5 Å². The number of amides is 1. The average Bonchev–Trinajstić information content (AvgIpc) is 3.20. The number of esters is 2. The number of hydrogen-bond donors (Lipinski definition) is 1. The topological polar surface area (TPSA) is 90.9 Å². The molecule has 8 heteroatoms. The summed E-state index contributed by atoms with van der Waals surface area (Å²) in [6.07, 6.45) is 3.90. The number of thiophene rings is 1. The highest BCUT2D eigenvalue weighted by atomic mass is 32.1. The molecule has 1 atom stereocenters. The number of methoxy groups -OCH3 is 2. The van der Waals surface area contributed by atoms with Crippen molar-refractivity contribution in [3.8, 4) is 16.2 Å². The maximum absolute atomic E-state index is 12.7. The van der Waals surface area contributed by atoms with Gasteiger partial charge in [0.25, 0.3) is 5.91 Å². The van der Waals surface area contributed by atoms with Gasteiger partial charge in [0.1, 0.15) is 11.8 Å². The standard InChI is InChI=1S/C32H45NO6S/c1-19(2)13-24(29(35)37-8)33-25(34)17-39-26-20(3)27(40-28(26)30(36)38-9)22-12-10-11-21(14-22)23-15-31(4,5)18-32(6,7)16-23/h10-12,14,19,23-24H,13,15-18H2,1-9H3,(H,33,34). The first-order valence-electron chi connectivity index (χ1n) is 14.0. The summed E-state index contributed by atoms with van der Waals surface area (Å²) in [4.78, 5) is 38.8. The normalized spacial score (nSPS) is 17.2. The lowest BCUT2D eigenvalue weighted by molar-refractivity contribution is -0.145. The van der Waals surface area contributed by atoms with Crippen LogP contribution >= 0.6 is 11.3 Å². The zero-order chi connectivity index (χ0) is 29.8. The van der Waals surface area contributed by atoms with Crippen LogP contribution in [0.4, 0.5) is 0 Å². The summed E-state index contributed by atoms with van der Waals surface area (Å²) in [6.45, 7) is 14.9. The van der Waals surface area contributed by atoms with Crippen LogP contribution in [0.25, 0.3) is 10.4 Å². The summed E-state index contributed by atoms with van der Waals surface area (Å²) < 4.78 is 15.8. The zero-order valence-electron chi connectivity index (χ0n) is 25.4. The van der Waals surface area contributed by atoms with Crippen LogP contribution in [0.2, 0.25) is 0 Å². The lowest BCUT2D eigenvalue weighted by Gasteiger charge is -2.45. The smallest absolute Gasteiger partial charge is 0.351 e. The van der Waals surface area contributed by atoms with E-state index >= 15 is 0 Å². The minimum Gasteiger partial charge on any atom is -0.482 e. The third kappa shape index (κ3) is 7.87. The Morgan fingerprint density at radius 2 is 1.70 bits per heavy atom. The van der Waals surface area contributed by atoms with Crippen molar-refractivity contribution in [1.82, 2.24) is 5.32 Å². The fourth-order valence-corrected chi connectivity index (χ4v) is 7.56. The van der Waals surface area contributed by atoms with Crippen LogP contribution in [0.15, 0.2) is 24.3 Å². The van der Waals surface area contributed by atoms with Gasteiger partial charge in [-0.15, -0.1) is 11.3 Å². The van der Waals surface area contributed by atoms with Crippen molar-refractivity contribution in [2.45, 2.75) is 86.1 Å². The summed E-state index contributed by atoms with van der Waals surface area (Å²) in [5.41, 5.74) is 3.61. The van der Waals surface area contributed by atoms with Crippen molar-refractivity contribution >= 4 is 29.2 Å². The van der Waals surface area contributed by atoms with Crippen LogP contribution in [0.1, 0.15) is 93.9 Å². The monoisotopic (exact) mass is 571 g/mol. The van der Waals surface area contributed by atoms with Crippen molar-refractivity contribution in [3.63, 3.8) is 0 Å². The predicted molar refractivity (Wildman–Crippen MR) is 159 cm³/mol. The molecule has 0 bridgehead atoms. The number of ether oxygens (including phenoxy) is 3. The number of rotatable bonds is 10. The molecule has 7 nitrogen and oxygen atoms in total. The van der Waals surface area contributed by atoms with Gasteiger partial charge in [0.2, 0.25) is 0 Å². The number of benzene rings is 1. The quantitative estimate of drug-likeness (QED) is 0.312. The van der Waals surface area contributed by atoms with Gasteiger partial charge in [0, 0.05) is 10.4 Å². The van der Waals surface area contributed by atoms with E-state index in [1.807, 2.05) is 26.8 Å². The highest BCUT2D eigenvalue weighted by Crippen LogP contribution is 2.52. The molecule has 1 heterocycles. The molecule has 0 saturated heterocycles. The second-order valence-electron chi connectivity index (χ2n) is 13.0. The first-order valence-corrected chi connectivity index (χ1v) is 14.8. The van der Waals surface area contributed by atoms with Crippen molar-refractivity contribution in [2.75, 3.05) is 20.8 Å². The van der Waals surface area contributed by atoms with Crippen molar-refractivity contribution in [1.29, 1.82) is 0 Å². The fourth-order valence-electron chi connectivity index (χ4n) is 6.39. The van der Waals surface area contributed by atoms with Crippen LogP contribution in [-0.4, -0.2) is 44.7 Å². The molecular formula is C32H45NO6S. The van der Waals surface area contributed by atoms with Gasteiger partial charge in [-0.1, -0.05) is 65.8 Å². The molecule has 1 unspecified atom stereocenters. The molecule has 40 heavy (non-hydrogen) atoms. The summed E-state index contributed by atoms with van der Waals surface area (Å²) >= 11 is 1.30. The van der Waals surface area contributed by atoms with E-state index < -0.39 is 23.9 Å². The Balaban J connectivity index is 1.87. The Morgan fingerprint density at radius 3 is 2.27 bits per heavy atom.